The number of nitrogens with zero attached hydrogens (tertiary/aromatic N) is 6. The van der Waals surface area contributed by atoms with Gasteiger partial charge in [-0.2, -0.15) is 0 Å². The van der Waals surface area contributed by atoms with Gasteiger partial charge >= 0.3 is 5.97 Å². The lowest BCUT2D eigenvalue weighted by atomic mass is 10.0. The summed E-state index contributed by atoms with van der Waals surface area (Å²) in [6, 6.07) is 5.77. The number of aromatic nitrogens is 4. The highest BCUT2D eigenvalue weighted by Crippen LogP contribution is 2.26. The zero-order valence-electron chi connectivity index (χ0n) is 13.6. The highest BCUT2D eigenvalue weighted by atomic mass is 16.6. The van der Waals surface area contributed by atoms with Crippen LogP contribution in [-0.4, -0.2) is 56.7 Å². The molecule has 0 saturated heterocycles. The number of esters is 1. The van der Waals surface area contributed by atoms with Crippen molar-refractivity contribution in [2.24, 2.45) is 0 Å². The van der Waals surface area contributed by atoms with Gasteiger partial charge in [0.2, 0.25) is 0 Å². The van der Waals surface area contributed by atoms with E-state index in [2.05, 4.69) is 15.5 Å². The zero-order valence-corrected chi connectivity index (χ0v) is 13.6. The first kappa shape index (κ1) is 17.5. The van der Waals surface area contributed by atoms with Gasteiger partial charge in [-0.05, 0) is 37.0 Å². The molecule has 1 atom stereocenters. The normalized spacial score (nSPS) is 12.2. The van der Waals surface area contributed by atoms with Gasteiger partial charge < -0.3 is 4.74 Å². The van der Waals surface area contributed by atoms with E-state index in [4.69, 9.17) is 4.74 Å². The summed E-state index contributed by atoms with van der Waals surface area (Å²) in [5.74, 6) is 0.00848. The van der Waals surface area contributed by atoms with Crippen LogP contribution in [0.4, 0.5) is 5.69 Å². The third-order valence-electron chi connectivity index (χ3n) is 3.32. The second-order valence-corrected chi connectivity index (χ2v) is 5.21. The van der Waals surface area contributed by atoms with Crippen molar-refractivity contribution in [2.75, 3.05) is 20.7 Å². The average molecular weight is 334 g/mol. The van der Waals surface area contributed by atoms with Crippen LogP contribution in [0, 0.1) is 10.1 Å². The molecule has 2 aromatic rings. The van der Waals surface area contributed by atoms with E-state index in [-0.39, 0.29) is 24.9 Å². The van der Waals surface area contributed by atoms with Crippen LogP contribution in [-0.2, 0) is 16.1 Å². The second-order valence-electron chi connectivity index (χ2n) is 5.21. The second kappa shape index (κ2) is 7.59. The van der Waals surface area contributed by atoms with Crippen LogP contribution >= 0.6 is 0 Å². The molecule has 1 heterocycles. The summed E-state index contributed by atoms with van der Waals surface area (Å²) < 4.78 is 6.28. The van der Waals surface area contributed by atoms with Crippen molar-refractivity contribution >= 4 is 11.7 Å². The van der Waals surface area contributed by atoms with E-state index in [1.54, 1.807) is 19.1 Å². The van der Waals surface area contributed by atoms with Crippen molar-refractivity contribution in [1.29, 1.82) is 0 Å². The Morgan fingerprint density at radius 2 is 2.04 bits per heavy atom. The molecule has 0 fully saturated rings. The van der Waals surface area contributed by atoms with Crippen LogP contribution in [0.15, 0.2) is 24.3 Å². The maximum absolute atomic E-state index is 11.7. The fourth-order valence-corrected chi connectivity index (χ4v) is 2.31. The molecule has 0 aliphatic carbocycles. The summed E-state index contributed by atoms with van der Waals surface area (Å²) >= 11 is 0. The number of nitro groups is 1. The third-order valence-corrected chi connectivity index (χ3v) is 3.32. The first-order chi connectivity index (χ1) is 11.4. The summed E-state index contributed by atoms with van der Waals surface area (Å²) in [6.45, 7) is 1.89. The number of hydrogen-bond donors (Lipinski definition) is 0. The lowest BCUT2D eigenvalue weighted by Gasteiger charge is -2.23. The fourth-order valence-electron chi connectivity index (χ4n) is 2.31. The molecule has 0 bridgehead atoms. The van der Waals surface area contributed by atoms with E-state index in [0.717, 1.165) is 5.56 Å². The molecule has 0 aliphatic rings. The average Bonchev–Trinajstić information content (AvgIpc) is 2.95. The Morgan fingerprint density at radius 3 is 2.58 bits per heavy atom. The van der Waals surface area contributed by atoms with Crippen LogP contribution in [0.1, 0.15) is 24.4 Å². The molecule has 0 aliphatic heterocycles. The first-order valence-electron chi connectivity index (χ1n) is 7.26. The van der Waals surface area contributed by atoms with E-state index in [0.29, 0.717) is 5.82 Å². The van der Waals surface area contributed by atoms with Gasteiger partial charge in [0.25, 0.3) is 5.69 Å². The van der Waals surface area contributed by atoms with Crippen molar-refractivity contribution in [3.05, 3.63) is 45.8 Å². The number of non-ortho nitro benzene ring substituents is 1. The number of tetrazole rings is 1. The maximum atomic E-state index is 11.7. The number of benzene rings is 1. The molecule has 1 aromatic heterocycles. The number of carbonyl (C=O) groups excluding carboxylic acids is 1. The van der Waals surface area contributed by atoms with Crippen LogP contribution in [0.2, 0.25) is 0 Å². The summed E-state index contributed by atoms with van der Waals surface area (Å²) in [6.07, 6.45) is 0. The molecule has 24 heavy (non-hydrogen) atoms. The quantitative estimate of drug-likeness (QED) is 0.414. The predicted octanol–water partition coefficient (Wildman–Crippen LogP) is 0.795. The Bertz CT molecular complexity index is 712. The van der Waals surface area contributed by atoms with Crippen molar-refractivity contribution in [3.8, 4) is 0 Å². The lowest BCUT2D eigenvalue weighted by Crippen LogP contribution is -2.26. The molecule has 0 amide bonds. The molecule has 2 rings (SSSR count). The molecule has 0 spiro atoms. The molecule has 0 unspecified atom stereocenters. The molecular weight excluding hydrogens is 316 g/mol. The molecule has 0 saturated carbocycles. The smallest absolute Gasteiger partial charge is 0.327 e. The minimum atomic E-state index is -0.459. The monoisotopic (exact) mass is 334 g/mol. The summed E-state index contributed by atoms with van der Waals surface area (Å²) in [4.78, 5) is 23.9. The fraction of sp³-hybridized carbons (Fsp3) is 0.429. The van der Waals surface area contributed by atoms with Crippen molar-refractivity contribution in [2.45, 2.75) is 19.5 Å². The SMILES string of the molecule is CCOC(=O)Cn1nnnc1[C@@H](c1ccc([N+](=O)[O-])cc1)N(C)C. The van der Waals surface area contributed by atoms with Gasteiger partial charge in [0.1, 0.15) is 6.54 Å². The van der Waals surface area contributed by atoms with Crippen LogP contribution < -0.4 is 0 Å². The van der Waals surface area contributed by atoms with Gasteiger partial charge in [-0.15, -0.1) is 5.10 Å². The zero-order chi connectivity index (χ0) is 17.7. The Hall–Kier alpha value is -2.88. The molecule has 1 aromatic carbocycles. The highest BCUT2D eigenvalue weighted by Gasteiger charge is 2.25. The molecule has 10 nitrogen and oxygen atoms in total. The number of nitro benzene ring substituents is 1. The van der Waals surface area contributed by atoms with Crippen molar-refractivity contribution in [3.63, 3.8) is 0 Å². The Labute approximate surface area is 138 Å². The van der Waals surface area contributed by atoms with Crippen molar-refractivity contribution in [1.82, 2.24) is 25.1 Å². The van der Waals surface area contributed by atoms with Gasteiger partial charge in [-0.3, -0.25) is 19.8 Å². The van der Waals surface area contributed by atoms with Crippen molar-refractivity contribution < 1.29 is 14.5 Å². The predicted molar refractivity (Wildman–Crippen MR) is 83.1 cm³/mol. The summed E-state index contributed by atoms with van der Waals surface area (Å²) in [5.41, 5.74) is 0.771. The minimum absolute atomic E-state index is 0.00220. The van der Waals surface area contributed by atoms with Crippen LogP contribution in [0.25, 0.3) is 0 Å². The van der Waals surface area contributed by atoms with Gasteiger partial charge in [-0.1, -0.05) is 12.1 Å². The minimum Gasteiger partial charge on any atom is -0.465 e. The maximum Gasteiger partial charge on any atom is 0.327 e. The summed E-state index contributed by atoms with van der Waals surface area (Å²) in [5, 5.41) is 22.3. The largest absolute Gasteiger partial charge is 0.465 e. The van der Waals surface area contributed by atoms with E-state index >= 15 is 0 Å². The number of carbonyl (C=O) groups is 1. The standard InChI is InChI=1S/C14H18N6O4/c1-4-24-12(21)9-19-14(15-16-17-19)13(18(2)3)10-5-7-11(8-6-10)20(22)23/h5-8,13H,4,9H2,1-3H3/t13-/m1/s1. The third kappa shape index (κ3) is 3.90. The topological polar surface area (TPSA) is 116 Å². The Balaban J connectivity index is 2.33. The summed E-state index contributed by atoms with van der Waals surface area (Å²) in [7, 11) is 3.66. The molecule has 10 heteroatoms. The van der Waals surface area contributed by atoms with E-state index < -0.39 is 10.9 Å². The van der Waals surface area contributed by atoms with E-state index in [1.807, 2.05) is 19.0 Å². The first-order valence-corrected chi connectivity index (χ1v) is 7.26. The van der Waals surface area contributed by atoms with E-state index in [9.17, 15) is 14.9 Å². The Morgan fingerprint density at radius 1 is 1.38 bits per heavy atom. The van der Waals surface area contributed by atoms with Gasteiger partial charge in [0.05, 0.1) is 17.6 Å². The van der Waals surface area contributed by atoms with Gasteiger partial charge in [0, 0.05) is 12.1 Å². The highest BCUT2D eigenvalue weighted by molar-refractivity contribution is 5.69. The molecule has 128 valence electrons. The number of rotatable bonds is 7. The van der Waals surface area contributed by atoms with Crippen LogP contribution in [0.3, 0.4) is 0 Å². The Kier molecular flexibility index (Phi) is 5.53. The van der Waals surface area contributed by atoms with Gasteiger partial charge in [0.15, 0.2) is 5.82 Å². The lowest BCUT2D eigenvalue weighted by molar-refractivity contribution is -0.384. The number of hydrogen-bond acceptors (Lipinski definition) is 8. The van der Waals surface area contributed by atoms with Crippen LogP contribution in [0.5, 0.6) is 0 Å². The number of ether oxygens (including phenoxy) is 1. The molecule has 0 N–H and O–H groups in total. The molecule has 0 radical (unpaired) electrons. The van der Waals surface area contributed by atoms with Gasteiger partial charge in [-0.25, -0.2) is 4.68 Å². The van der Waals surface area contributed by atoms with E-state index in [1.165, 1.54) is 16.8 Å². The molecular formula is C14H18N6O4.